The maximum Gasteiger partial charge on any atom is 0.237 e. The lowest BCUT2D eigenvalue weighted by molar-refractivity contribution is -0.115. The standard InChI is InChI=1S/C20H23NOS/c1-15-9-7-10-16(2)19(15)21-20(22)17(3)23-14-8-13-18-11-5-4-6-12-18/h4-13,17H,14H2,1-3H3,(H,21,22)/b13-8+/t17-/m1/s1. The number of benzene rings is 2. The van der Waals surface area contributed by atoms with Crippen molar-refractivity contribution in [1.82, 2.24) is 0 Å². The zero-order valence-electron chi connectivity index (χ0n) is 13.9. The summed E-state index contributed by atoms with van der Waals surface area (Å²) in [5.41, 5.74) is 4.31. The largest absolute Gasteiger partial charge is 0.325 e. The van der Waals surface area contributed by atoms with Crippen LogP contribution in [0.5, 0.6) is 0 Å². The molecule has 0 aromatic heterocycles. The molecule has 2 rings (SSSR count). The molecule has 23 heavy (non-hydrogen) atoms. The first-order chi connectivity index (χ1) is 11.1. The molecule has 0 heterocycles. The smallest absolute Gasteiger partial charge is 0.237 e. The topological polar surface area (TPSA) is 29.1 Å². The molecule has 2 nitrogen and oxygen atoms in total. The lowest BCUT2D eigenvalue weighted by Crippen LogP contribution is -2.23. The van der Waals surface area contributed by atoms with Gasteiger partial charge in [-0.2, -0.15) is 0 Å². The van der Waals surface area contributed by atoms with Gasteiger partial charge in [-0.05, 0) is 37.5 Å². The highest BCUT2D eigenvalue weighted by Gasteiger charge is 2.14. The van der Waals surface area contributed by atoms with Crippen molar-refractivity contribution in [2.24, 2.45) is 0 Å². The Bertz CT molecular complexity index is 659. The molecule has 120 valence electrons. The van der Waals surface area contributed by atoms with E-state index in [0.717, 1.165) is 22.6 Å². The molecule has 0 saturated heterocycles. The Morgan fingerprint density at radius 3 is 2.39 bits per heavy atom. The van der Waals surface area contributed by atoms with Gasteiger partial charge in [-0.15, -0.1) is 11.8 Å². The van der Waals surface area contributed by atoms with E-state index in [-0.39, 0.29) is 11.2 Å². The van der Waals surface area contributed by atoms with Gasteiger partial charge in [0, 0.05) is 11.4 Å². The molecule has 0 fully saturated rings. The van der Waals surface area contributed by atoms with Crippen molar-refractivity contribution in [3.05, 3.63) is 71.3 Å². The van der Waals surface area contributed by atoms with Crippen LogP contribution in [0.2, 0.25) is 0 Å². The molecule has 2 aromatic carbocycles. The minimum atomic E-state index is -0.0885. The van der Waals surface area contributed by atoms with Gasteiger partial charge in [0.2, 0.25) is 5.91 Å². The first-order valence-corrected chi connectivity index (χ1v) is 8.83. The second kappa shape index (κ2) is 8.59. The van der Waals surface area contributed by atoms with E-state index in [1.165, 1.54) is 5.56 Å². The van der Waals surface area contributed by atoms with Gasteiger partial charge in [0.15, 0.2) is 0 Å². The van der Waals surface area contributed by atoms with E-state index >= 15 is 0 Å². The molecule has 1 N–H and O–H groups in total. The Kier molecular flexibility index (Phi) is 6.48. The maximum absolute atomic E-state index is 12.3. The van der Waals surface area contributed by atoms with Crippen LogP contribution in [0.4, 0.5) is 5.69 Å². The predicted molar refractivity (Wildman–Crippen MR) is 102 cm³/mol. The molecular formula is C20H23NOS. The Balaban J connectivity index is 1.85. The highest BCUT2D eigenvalue weighted by atomic mass is 32.2. The molecule has 0 aliphatic carbocycles. The number of rotatable bonds is 6. The lowest BCUT2D eigenvalue weighted by atomic mass is 10.1. The zero-order valence-corrected chi connectivity index (χ0v) is 14.7. The summed E-state index contributed by atoms with van der Waals surface area (Å²) in [5.74, 6) is 0.872. The number of para-hydroxylation sites is 1. The molecule has 0 spiro atoms. The molecule has 3 heteroatoms. The lowest BCUT2D eigenvalue weighted by Gasteiger charge is -2.14. The van der Waals surface area contributed by atoms with Crippen LogP contribution < -0.4 is 5.32 Å². The van der Waals surface area contributed by atoms with E-state index in [0.29, 0.717) is 0 Å². The normalized spacial score (nSPS) is 12.3. The Labute approximate surface area is 143 Å². The van der Waals surface area contributed by atoms with Crippen LogP contribution in [0.1, 0.15) is 23.6 Å². The number of carbonyl (C=O) groups excluding carboxylic acids is 1. The van der Waals surface area contributed by atoms with Crippen LogP contribution in [0, 0.1) is 13.8 Å². The van der Waals surface area contributed by atoms with Crippen LogP contribution in [0.3, 0.4) is 0 Å². The van der Waals surface area contributed by atoms with Crippen LogP contribution in [0.25, 0.3) is 6.08 Å². The van der Waals surface area contributed by atoms with Gasteiger partial charge in [0.05, 0.1) is 5.25 Å². The molecule has 0 saturated carbocycles. The third kappa shape index (κ3) is 5.29. The molecule has 0 aliphatic heterocycles. The molecule has 0 radical (unpaired) electrons. The molecule has 1 amide bonds. The molecule has 1 atom stereocenters. The van der Waals surface area contributed by atoms with Gasteiger partial charge in [-0.1, -0.05) is 60.7 Å². The summed E-state index contributed by atoms with van der Waals surface area (Å²) in [5, 5.41) is 2.96. The fourth-order valence-corrected chi connectivity index (χ4v) is 2.97. The summed E-state index contributed by atoms with van der Waals surface area (Å²) in [4.78, 5) is 12.3. The van der Waals surface area contributed by atoms with Gasteiger partial charge < -0.3 is 5.32 Å². The predicted octanol–water partition coefficient (Wildman–Crippen LogP) is 5.08. The average molecular weight is 325 g/mol. The Hall–Kier alpha value is -2.00. The van der Waals surface area contributed by atoms with Crippen molar-refractivity contribution in [3.63, 3.8) is 0 Å². The van der Waals surface area contributed by atoms with Crippen LogP contribution in [-0.4, -0.2) is 16.9 Å². The molecule has 2 aromatic rings. The number of hydrogen-bond donors (Lipinski definition) is 1. The average Bonchev–Trinajstić information content (AvgIpc) is 2.55. The van der Waals surface area contributed by atoms with Crippen molar-refractivity contribution in [1.29, 1.82) is 0 Å². The fraction of sp³-hybridized carbons (Fsp3) is 0.250. The van der Waals surface area contributed by atoms with Gasteiger partial charge in [0.1, 0.15) is 0 Å². The number of thioether (sulfide) groups is 1. The summed E-state index contributed by atoms with van der Waals surface area (Å²) in [7, 11) is 0. The number of hydrogen-bond acceptors (Lipinski definition) is 2. The first-order valence-electron chi connectivity index (χ1n) is 7.78. The number of nitrogens with one attached hydrogen (secondary N) is 1. The molecular weight excluding hydrogens is 302 g/mol. The van der Waals surface area contributed by atoms with Gasteiger partial charge in [0.25, 0.3) is 0 Å². The van der Waals surface area contributed by atoms with E-state index in [9.17, 15) is 4.79 Å². The zero-order chi connectivity index (χ0) is 16.7. The van der Waals surface area contributed by atoms with Crippen molar-refractivity contribution >= 4 is 29.4 Å². The van der Waals surface area contributed by atoms with Crippen LogP contribution in [-0.2, 0) is 4.79 Å². The minimum Gasteiger partial charge on any atom is -0.325 e. The van der Waals surface area contributed by atoms with Crippen LogP contribution >= 0.6 is 11.8 Å². The number of anilines is 1. The van der Waals surface area contributed by atoms with Crippen molar-refractivity contribution < 1.29 is 4.79 Å². The minimum absolute atomic E-state index is 0.0560. The highest BCUT2D eigenvalue weighted by Crippen LogP contribution is 2.21. The van der Waals surface area contributed by atoms with E-state index in [2.05, 4.69) is 29.6 Å². The molecule has 0 aliphatic rings. The van der Waals surface area contributed by atoms with E-state index in [4.69, 9.17) is 0 Å². The van der Waals surface area contributed by atoms with E-state index < -0.39 is 0 Å². The second-order valence-electron chi connectivity index (χ2n) is 5.54. The van der Waals surface area contributed by atoms with Crippen molar-refractivity contribution in [2.75, 3.05) is 11.1 Å². The second-order valence-corrected chi connectivity index (χ2v) is 6.92. The van der Waals surface area contributed by atoms with Gasteiger partial charge in [-0.25, -0.2) is 0 Å². The van der Waals surface area contributed by atoms with E-state index in [1.54, 1.807) is 11.8 Å². The molecule has 0 bridgehead atoms. The number of amides is 1. The van der Waals surface area contributed by atoms with Gasteiger partial charge >= 0.3 is 0 Å². The number of aryl methyl sites for hydroxylation is 2. The summed E-state index contributed by atoms with van der Waals surface area (Å²) < 4.78 is 0. The summed E-state index contributed by atoms with van der Waals surface area (Å²) in [6.07, 6.45) is 4.19. The monoisotopic (exact) mass is 325 g/mol. The number of carbonyl (C=O) groups is 1. The first kappa shape index (κ1) is 17.4. The van der Waals surface area contributed by atoms with Gasteiger partial charge in [-0.3, -0.25) is 4.79 Å². The summed E-state index contributed by atoms with van der Waals surface area (Å²) in [6.45, 7) is 5.98. The Morgan fingerprint density at radius 2 is 1.74 bits per heavy atom. The third-order valence-corrected chi connectivity index (χ3v) is 4.75. The maximum atomic E-state index is 12.3. The van der Waals surface area contributed by atoms with Crippen molar-refractivity contribution in [3.8, 4) is 0 Å². The Morgan fingerprint density at radius 1 is 1.09 bits per heavy atom. The highest BCUT2D eigenvalue weighted by molar-refractivity contribution is 8.00. The van der Waals surface area contributed by atoms with E-state index in [1.807, 2.05) is 57.2 Å². The SMILES string of the molecule is Cc1cccc(C)c1NC(=O)[C@@H](C)SC/C=C/c1ccccc1. The quantitative estimate of drug-likeness (QED) is 0.802. The summed E-state index contributed by atoms with van der Waals surface area (Å²) >= 11 is 1.64. The third-order valence-electron chi connectivity index (χ3n) is 3.65. The van der Waals surface area contributed by atoms with Crippen molar-refractivity contribution in [2.45, 2.75) is 26.0 Å². The fourth-order valence-electron chi connectivity index (χ4n) is 2.26. The summed E-state index contributed by atoms with van der Waals surface area (Å²) in [6, 6.07) is 16.2. The molecule has 0 unspecified atom stereocenters. The van der Waals surface area contributed by atoms with Crippen LogP contribution in [0.15, 0.2) is 54.6 Å².